The summed E-state index contributed by atoms with van der Waals surface area (Å²) in [6.45, 7) is 1.92. The van der Waals surface area contributed by atoms with Crippen molar-refractivity contribution < 1.29 is 4.79 Å². The Balaban J connectivity index is 2.57. The summed E-state index contributed by atoms with van der Waals surface area (Å²) in [7, 11) is 0. The number of carbonyl (C=O) groups excluding carboxylic acids is 1. The molecule has 1 aromatic carbocycles. The Labute approximate surface area is 91.7 Å². The van der Waals surface area contributed by atoms with Crippen LogP contribution in [-0.4, -0.2) is 10.3 Å². The Morgan fingerprint density at radius 2 is 2.13 bits per heavy atom. The van der Waals surface area contributed by atoms with Crippen LogP contribution in [-0.2, 0) is 0 Å². The number of hydrogen-bond acceptors (Lipinski definition) is 3. The van der Waals surface area contributed by atoms with E-state index in [0.29, 0.717) is 5.56 Å². The van der Waals surface area contributed by atoms with Gasteiger partial charge in [-0.2, -0.15) is 4.37 Å². The molecular weight excluding hydrogens is 208 g/mol. The minimum Gasteiger partial charge on any atom is -0.366 e. The van der Waals surface area contributed by atoms with Crippen molar-refractivity contribution in [2.45, 2.75) is 6.92 Å². The number of aromatic nitrogens is 1. The third kappa shape index (κ3) is 1.89. The monoisotopic (exact) mass is 218 g/mol. The largest absolute Gasteiger partial charge is 0.366 e. The molecule has 0 unspecified atom stereocenters. The molecule has 0 saturated heterocycles. The van der Waals surface area contributed by atoms with Gasteiger partial charge in [-0.15, -0.1) is 0 Å². The zero-order valence-electron chi connectivity index (χ0n) is 8.23. The van der Waals surface area contributed by atoms with Crippen LogP contribution in [0.5, 0.6) is 0 Å². The highest BCUT2D eigenvalue weighted by molar-refractivity contribution is 7.09. The van der Waals surface area contributed by atoms with Crippen molar-refractivity contribution in [3.63, 3.8) is 0 Å². The summed E-state index contributed by atoms with van der Waals surface area (Å²) in [4.78, 5) is 12.2. The van der Waals surface area contributed by atoms with Crippen LogP contribution in [0.15, 0.2) is 30.3 Å². The zero-order chi connectivity index (χ0) is 10.8. The van der Waals surface area contributed by atoms with E-state index in [1.165, 1.54) is 11.5 Å². The van der Waals surface area contributed by atoms with E-state index in [1.54, 1.807) is 12.1 Å². The first-order valence-electron chi connectivity index (χ1n) is 4.51. The van der Waals surface area contributed by atoms with E-state index in [9.17, 15) is 4.79 Å². The molecule has 2 N–H and O–H groups in total. The fraction of sp³-hybridized carbons (Fsp3) is 0.0909. The molecular formula is C11H10N2OS. The van der Waals surface area contributed by atoms with Gasteiger partial charge >= 0.3 is 0 Å². The quantitative estimate of drug-likeness (QED) is 0.840. The Hall–Kier alpha value is -1.68. The fourth-order valence-electron chi connectivity index (χ4n) is 1.40. The average molecular weight is 218 g/mol. The lowest BCUT2D eigenvalue weighted by Crippen LogP contribution is -2.11. The second-order valence-corrected chi connectivity index (χ2v) is 4.05. The Morgan fingerprint density at radius 1 is 1.40 bits per heavy atom. The molecule has 0 spiro atoms. The van der Waals surface area contributed by atoms with Crippen molar-refractivity contribution in [2.24, 2.45) is 5.73 Å². The lowest BCUT2D eigenvalue weighted by Gasteiger charge is -2.02. The third-order valence-corrected chi connectivity index (χ3v) is 3.00. The topological polar surface area (TPSA) is 56.0 Å². The summed E-state index contributed by atoms with van der Waals surface area (Å²) in [6.07, 6.45) is 0. The second kappa shape index (κ2) is 3.82. The van der Waals surface area contributed by atoms with E-state index in [0.717, 1.165) is 16.1 Å². The van der Waals surface area contributed by atoms with Gasteiger partial charge in [0, 0.05) is 11.1 Å². The maximum absolute atomic E-state index is 11.2. The van der Waals surface area contributed by atoms with Gasteiger partial charge in [-0.1, -0.05) is 18.2 Å². The van der Waals surface area contributed by atoms with Crippen molar-refractivity contribution in [1.82, 2.24) is 4.37 Å². The van der Waals surface area contributed by atoms with Crippen LogP contribution in [0.25, 0.3) is 10.4 Å². The third-order valence-electron chi connectivity index (χ3n) is 2.09. The van der Waals surface area contributed by atoms with Crippen LogP contribution in [0.1, 0.15) is 16.1 Å². The van der Waals surface area contributed by atoms with Crippen LogP contribution in [0.3, 0.4) is 0 Å². The predicted molar refractivity (Wildman–Crippen MR) is 60.8 cm³/mol. The van der Waals surface area contributed by atoms with Gasteiger partial charge in [0.15, 0.2) is 0 Å². The minimum absolute atomic E-state index is 0.406. The molecule has 1 amide bonds. The predicted octanol–water partition coefficient (Wildman–Crippen LogP) is 2.22. The molecule has 15 heavy (non-hydrogen) atoms. The van der Waals surface area contributed by atoms with Crippen molar-refractivity contribution in [3.05, 3.63) is 41.6 Å². The number of hydrogen-bond donors (Lipinski definition) is 1. The number of nitrogens with two attached hydrogens (primary N) is 1. The van der Waals surface area contributed by atoms with Gasteiger partial charge < -0.3 is 5.73 Å². The van der Waals surface area contributed by atoms with Crippen LogP contribution in [0.2, 0.25) is 0 Å². The number of benzene rings is 1. The summed E-state index contributed by atoms with van der Waals surface area (Å²) in [6, 6.07) is 9.25. The van der Waals surface area contributed by atoms with Crippen LogP contribution in [0.4, 0.5) is 0 Å². The number of primary amides is 1. The lowest BCUT2D eigenvalue weighted by molar-refractivity contribution is 0.100. The molecule has 1 heterocycles. The maximum Gasteiger partial charge on any atom is 0.249 e. The van der Waals surface area contributed by atoms with Crippen molar-refractivity contribution >= 4 is 17.4 Å². The molecule has 2 aromatic rings. The normalized spacial score (nSPS) is 10.2. The van der Waals surface area contributed by atoms with E-state index in [1.807, 2.05) is 25.1 Å². The first-order chi connectivity index (χ1) is 7.18. The number of rotatable bonds is 2. The minimum atomic E-state index is -0.406. The van der Waals surface area contributed by atoms with E-state index < -0.39 is 5.91 Å². The molecule has 2 rings (SSSR count). The first-order valence-corrected chi connectivity index (χ1v) is 5.28. The van der Waals surface area contributed by atoms with Gasteiger partial charge in [0.05, 0.1) is 10.6 Å². The number of aryl methyl sites for hydroxylation is 1. The average Bonchev–Trinajstić information content (AvgIpc) is 2.65. The SMILES string of the molecule is Cc1cc(-c2ccccc2C(N)=O)sn1. The van der Waals surface area contributed by atoms with Gasteiger partial charge in [-0.3, -0.25) is 4.79 Å². The molecule has 0 fully saturated rings. The van der Waals surface area contributed by atoms with Gasteiger partial charge in [-0.25, -0.2) is 0 Å². The van der Waals surface area contributed by atoms with E-state index in [4.69, 9.17) is 5.73 Å². The summed E-state index contributed by atoms with van der Waals surface area (Å²) >= 11 is 1.38. The van der Waals surface area contributed by atoms with Crippen molar-refractivity contribution in [2.75, 3.05) is 0 Å². The highest BCUT2D eigenvalue weighted by atomic mass is 32.1. The molecule has 4 heteroatoms. The zero-order valence-corrected chi connectivity index (χ0v) is 9.04. The van der Waals surface area contributed by atoms with Crippen LogP contribution in [0, 0.1) is 6.92 Å². The van der Waals surface area contributed by atoms with Crippen molar-refractivity contribution in [1.29, 1.82) is 0 Å². The first kappa shape index (κ1) is 9.86. The molecule has 0 atom stereocenters. The van der Waals surface area contributed by atoms with Crippen LogP contribution < -0.4 is 5.73 Å². The van der Waals surface area contributed by atoms with Crippen molar-refractivity contribution in [3.8, 4) is 10.4 Å². The van der Waals surface area contributed by atoms with E-state index >= 15 is 0 Å². The standard InChI is InChI=1S/C11H10N2OS/c1-7-6-10(15-13-7)8-4-2-3-5-9(8)11(12)14/h2-6H,1H3,(H2,12,14). The number of nitrogens with zero attached hydrogens (tertiary/aromatic N) is 1. The Kier molecular flexibility index (Phi) is 2.51. The van der Waals surface area contributed by atoms with Gasteiger partial charge in [0.1, 0.15) is 0 Å². The number of carbonyl (C=O) groups is 1. The van der Waals surface area contributed by atoms with Gasteiger partial charge in [0.25, 0.3) is 0 Å². The lowest BCUT2D eigenvalue weighted by atomic mass is 10.1. The second-order valence-electron chi connectivity index (χ2n) is 3.24. The molecule has 0 aliphatic heterocycles. The van der Waals surface area contributed by atoms with Crippen LogP contribution >= 0.6 is 11.5 Å². The Bertz CT molecular complexity index is 505. The smallest absolute Gasteiger partial charge is 0.249 e. The summed E-state index contributed by atoms with van der Waals surface area (Å²) in [5, 5.41) is 0. The van der Waals surface area contributed by atoms with E-state index in [-0.39, 0.29) is 0 Å². The Morgan fingerprint density at radius 3 is 2.73 bits per heavy atom. The molecule has 1 aromatic heterocycles. The highest BCUT2D eigenvalue weighted by Crippen LogP contribution is 2.27. The molecule has 0 radical (unpaired) electrons. The maximum atomic E-state index is 11.2. The molecule has 0 bridgehead atoms. The molecule has 76 valence electrons. The summed E-state index contributed by atoms with van der Waals surface area (Å²) in [5.41, 5.74) is 7.66. The number of amides is 1. The molecule has 0 saturated carbocycles. The molecule has 0 aliphatic rings. The van der Waals surface area contributed by atoms with Gasteiger partial charge in [0.2, 0.25) is 5.91 Å². The summed E-state index contributed by atoms with van der Waals surface area (Å²) < 4.78 is 4.18. The molecule has 3 nitrogen and oxygen atoms in total. The summed E-state index contributed by atoms with van der Waals surface area (Å²) in [5.74, 6) is -0.406. The van der Waals surface area contributed by atoms with E-state index in [2.05, 4.69) is 4.37 Å². The molecule has 0 aliphatic carbocycles. The highest BCUT2D eigenvalue weighted by Gasteiger charge is 2.10. The fourth-order valence-corrected chi connectivity index (χ4v) is 2.20. The van der Waals surface area contributed by atoms with Gasteiger partial charge in [-0.05, 0) is 30.6 Å².